The van der Waals surface area contributed by atoms with E-state index in [-0.39, 0.29) is 24.1 Å². The predicted octanol–water partition coefficient (Wildman–Crippen LogP) is 2.13. The summed E-state index contributed by atoms with van der Waals surface area (Å²) >= 11 is 0. The number of hydrogen-bond acceptors (Lipinski definition) is 3. The molecule has 0 aliphatic carbocycles. The Balaban J connectivity index is 2.48. The second-order valence-electron chi connectivity index (χ2n) is 5.89. The molecule has 0 aliphatic rings. The van der Waals surface area contributed by atoms with Gasteiger partial charge in [-0.2, -0.15) is 0 Å². The quantitative estimate of drug-likeness (QED) is 0.802. The van der Waals surface area contributed by atoms with Crippen LogP contribution in [-0.2, 0) is 4.79 Å². The Labute approximate surface area is 136 Å². The molecule has 5 heteroatoms. The fraction of sp³-hybridized carbons (Fsp3) is 0.333. The first-order valence-corrected chi connectivity index (χ1v) is 7.79. The summed E-state index contributed by atoms with van der Waals surface area (Å²) in [6.07, 6.45) is 2.24. The highest BCUT2D eigenvalue weighted by Gasteiger charge is 2.23. The van der Waals surface area contributed by atoms with Gasteiger partial charge in [0.2, 0.25) is 5.91 Å². The van der Waals surface area contributed by atoms with Crippen LogP contribution in [0.5, 0.6) is 0 Å². The molecule has 2 aromatic rings. The number of carbonyl (C=O) groups excluding carboxylic acids is 1. The molecule has 23 heavy (non-hydrogen) atoms. The molecule has 3 N–H and O–H groups in total. The Kier molecular flexibility index (Phi) is 5.71. The molecule has 0 aliphatic heterocycles. The molecule has 0 fully saturated rings. The molecule has 0 saturated carbocycles. The average molecular weight is 313 g/mol. The lowest BCUT2D eigenvalue weighted by atomic mass is 10.0. The first-order valence-electron chi connectivity index (χ1n) is 7.79. The van der Waals surface area contributed by atoms with Crippen molar-refractivity contribution in [2.24, 2.45) is 11.7 Å². The summed E-state index contributed by atoms with van der Waals surface area (Å²) in [5.41, 5.74) is 6.67. The minimum absolute atomic E-state index is 0.0561. The van der Waals surface area contributed by atoms with Crippen LogP contribution in [0.25, 0.3) is 11.1 Å². The van der Waals surface area contributed by atoms with Crippen LogP contribution in [0.4, 0.5) is 0 Å². The minimum Gasteiger partial charge on any atom is -0.342 e. The number of carbonyl (C=O) groups is 1. The second kappa shape index (κ2) is 7.74. The normalized spacial score (nSPS) is 12.2. The molecule has 1 amide bonds. The zero-order valence-electron chi connectivity index (χ0n) is 13.5. The number of nitrogens with zero attached hydrogens (tertiary/aromatic N) is 1. The molecule has 122 valence electrons. The van der Waals surface area contributed by atoms with E-state index in [9.17, 15) is 9.59 Å². The third-order valence-corrected chi connectivity index (χ3v) is 3.67. The van der Waals surface area contributed by atoms with Gasteiger partial charge in [-0.15, -0.1) is 0 Å². The van der Waals surface area contributed by atoms with E-state index in [1.54, 1.807) is 18.3 Å². The maximum atomic E-state index is 12.9. The largest absolute Gasteiger partial charge is 0.342 e. The minimum atomic E-state index is -0.560. The van der Waals surface area contributed by atoms with E-state index in [4.69, 9.17) is 5.73 Å². The maximum Gasteiger partial charge on any atom is 0.259 e. The number of aromatic nitrogens is 1. The molecule has 5 nitrogen and oxygen atoms in total. The van der Waals surface area contributed by atoms with E-state index in [2.05, 4.69) is 5.32 Å². The van der Waals surface area contributed by atoms with Gasteiger partial charge in [-0.05, 0) is 30.0 Å². The molecule has 1 aromatic carbocycles. The molecule has 1 unspecified atom stereocenters. The monoisotopic (exact) mass is 313 g/mol. The Bertz CT molecular complexity index is 708. The maximum absolute atomic E-state index is 12.9. The van der Waals surface area contributed by atoms with Crippen LogP contribution in [0.2, 0.25) is 0 Å². The molecule has 1 heterocycles. The highest BCUT2D eigenvalue weighted by Crippen LogP contribution is 2.19. The van der Waals surface area contributed by atoms with Gasteiger partial charge in [-0.3, -0.25) is 9.59 Å². The molecule has 0 spiro atoms. The van der Waals surface area contributed by atoms with Gasteiger partial charge >= 0.3 is 0 Å². The Hall–Kier alpha value is -2.40. The smallest absolute Gasteiger partial charge is 0.259 e. The first-order chi connectivity index (χ1) is 11.0. The Morgan fingerprint density at radius 2 is 1.87 bits per heavy atom. The lowest BCUT2D eigenvalue weighted by molar-refractivity contribution is -0.124. The van der Waals surface area contributed by atoms with E-state index in [1.807, 2.05) is 44.2 Å². The number of benzene rings is 1. The van der Waals surface area contributed by atoms with E-state index in [1.165, 1.54) is 4.57 Å². The number of amides is 1. The molecular formula is C18H23N3O2. The van der Waals surface area contributed by atoms with Gasteiger partial charge in [-0.25, -0.2) is 0 Å². The summed E-state index contributed by atoms with van der Waals surface area (Å²) in [4.78, 5) is 25.2. The van der Waals surface area contributed by atoms with Crippen molar-refractivity contribution in [3.8, 4) is 11.1 Å². The van der Waals surface area contributed by atoms with Crippen LogP contribution in [0.3, 0.4) is 0 Å². The van der Waals surface area contributed by atoms with Gasteiger partial charge in [0.05, 0.1) is 6.67 Å². The number of nitrogens with two attached hydrogens (primary N) is 1. The lowest BCUT2D eigenvalue weighted by Crippen LogP contribution is -2.40. The van der Waals surface area contributed by atoms with Crippen molar-refractivity contribution in [1.29, 1.82) is 0 Å². The van der Waals surface area contributed by atoms with Crippen molar-refractivity contribution >= 4 is 5.91 Å². The number of hydrogen-bond donors (Lipinski definition) is 2. The zero-order chi connectivity index (χ0) is 16.8. The first kappa shape index (κ1) is 17.0. The van der Waals surface area contributed by atoms with E-state index < -0.39 is 6.04 Å². The number of nitrogens with one attached hydrogen (secondary N) is 1. The van der Waals surface area contributed by atoms with E-state index >= 15 is 0 Å². The molecule has 1 aromatic heterocycles. The topological polar surface area (TPSA) is 77.1 Å². The number of pyridine rings is 1. The fourth-order valence-corrected chi connectivity index (χ4v) is 2.60. The standard InChI is InChI=1S/C18H23N3O2/c1-13(2)11-16(17(22)20-12-19)21-10-6-9-15(18(21)23)14-7-4-3-5-8-14/h3-10,13,16H,11-12,19H2,1-2H3,(H,20,22). The highest BCUT2D eigenvalue weighted by atomic mass is 16.2. The third-order valence-electron chi connectivity index (χ3n) is 3.67. The van der Waals surface area contributed by atoms with Crippen molar-refractivity contribution in [3.63, 3.8) is 0 Å². The SMILES string of the molecule is CC(C)CC(C(=O)NCN)n1cccc(-c2ccccc2)c1=O. The summed E-state index contributed by atoms with van der Waals surface area (Å²) in [6.45, 7) is 4.10. The van der Waals surface area contributed by atoms with Crippen LogP contribution in [0, 0.1) is 5.92 Å². The van der Waals surface area contributed by atoms with Crippen LogP contribution in [0.15, 0.2) is 53.5 Å². The van der Waals surface area contributed by atoms with Crippen molar-refractivity contribution < 1.29 is 4.79 Å². The van der Waals surface area contributed by atoms with Gasteiger partial charge in [-0.1, -0.05) is 44.2 Å². The summed E-state index contributed by atoms with van der Waals surface area (Å²) in [5, 5.41) is 2.62. The van der Waals surface area contributed by atoms with E-state index in [0.29, 0.717) is 12.0 Å². The third kappa shape index (κ3) is 4.07. The Morgan fingerprint density at radius 1 is 1.17 bits per heavy atom. The molecule has 1 atom stereocenters. The molecule has 0 saturated heterocycles. The fourth-order valence-electron chi connectivity index (χ4n) is 2.60. The van der Waals surface area contributed by atoms with Crippen LogP contribution in [-0.4, -0.2) is 17.1 Å². The van der Waals surface area contributed by atoms with Crippen LogP contribution >= 0.6 is 0 Å². The van der Waals surface area contributed by atoms with Crippen LogP contribution < -0.4 is 16.6 Å². The Morgan fingerprint density at radius 3 is 2.48 bits per heavy atom. The molecular weight excluding hydrogens is 290 g/mol. The van der Waals surface area contributed by atoms with Crippen LogP contribution in [0.1, 0.15) is 26.3 Å². The van der Waals surface area contributed by atoms with Gasteiger partial charge in [0.1, 0.15) is 6.04 Å². The predicted molar refractivity (Wildman–Crippen MR) is 91.8 cm³/mol. The van der Waals surface area contributed by atoms with Gasteiger partial charge in [0, 0.05) is 11.8 Å². The summed E-state index contributed by atoms with van der Waals surface area (Å²) in [5.74, 6) is 0.0457. The van der Waals surface area contributed by atoms with Gasteiger partial charge in [0.15, 0.2) is 0 Å². The summed E-state index contributed by atoms with van der Waals surface area (Å²) in [7, 11) is 0. The highest BCUT2D eigenvalue weighted by molar-refractivity contribution is 5.80. The van der Waals surface area contributed by atoms with Crippen molar-refractivity contribution in [3.05, 3.63) is 59.0 Å². The second-order valence-corrected chi connectivity index (χ2v) is 5.89. The van der Waals surface area contributed by atoms with E-state index in [0.717, 1.165) is 5.56 Å². The van der Waals surface area contributed by atoms with Crippen molar-refractivity contribution in [2.45, 2.75) is 26.3 Å². The molecule has 0 radical (unpaired) electrons. The van der Waals surface area contributed by atoms with Gasteiger partial charge < -0.3 is 15.6 Å². The molecule has 2 rings (SSSR count). The lowest BCUT2D eigenvalue weighted by Gasteiger charge is -2.21. The summed E-state index contributed by atoms with van der Waals surface area (Å²) < 4.78 is 1.51. The van der Waals surface area contributed by atoms with Gasteiger partial charge in [0.25, 0.3) is 5.56 Å². The average Bonchev–Trinajstić information content (AvgIpc) is 2.54. The van der Waals surface area contributed by atoms with Crippen molar-refractivity contribution in [1.82, 2.24) is 9.88 Å². The molecule has 0 bridgehead atoms. The number of rotatable bonds is 6. The zero-order valence-corrected chi connectivity index (χ0v) is 13.5. The van der Waals surface area contributed by atoms with Crippen molar-refractivity contribution in [2.75, 3.05) is 6.67 Å². The summed E-state index contributed by atoms with van der Waals surface area (Å²) in [6, 6.07) is 12.5.